The minimum absolute atomic E-state index is 0.0997. The van der Waals surface area contributed by atoms with Gasteiger partial charge in [0, 0.05) is 12.3 Å². The van der Waals surface area contributed by atoms with Crippen LogP contribution in [0.25, 0.3) is 0 Å². The molecule has 4 rings (SSSR count). The summed E-state index contributed by atoms with van der Waals surface area (Å²) in [6.07, 6.45) is -4.67. The standard InChI is InChI=1S/C20H15F4NO2/c21-13-6-7-14(15(8-13)20(22,23)24)16-9-19(16)10-17(26)25(18(19)27)11-12-4-2-1-3-5-12/h1-8,16H,9-11H2/t16-,19+/m0/s1. The normalized spacial score (nSPS) is 24.7. The summed E-state index contributed by atoms with van der Waals surface area (Å²) in [6.45, 7) is 0.0997. The largest absolute Gasteiger partial charge is 0.416 e. The van der Waals surface area contributed by atoms with Crippen LogP contribution >= 0.6 is 0 Å². The second-order valence-electron chi connectivity index (χ2n) is 7.09. The summed E-state index contributed by atoms with van der Waals surface area (Å²) >= 11 is 0. The van der Waals surface area contributed by atoms with Gasteiger partial charge in [-0.15, -0.1) is 0 Å². The predicted octanol–water partition coefficient (Wildman–Crippen LogP) is 4.28. The number of alkyl halides is 3. The van der Waals surface area contributed by atoms with E-state index in [-0.39, 0.29) is 30.9 Å². The van der Waals surface area contributed by atoms with Gasteiger partial charge < -0.3 is 0 Å². The average molecular weight is 377 g/mol. The molecular weight excluding hydrogens is 362 g/mol. The third kappa shape index (κ3) is 2.91. The van der Waals surface area contributed by atoms with Crippen molar-refractivity contribution in [2.45, 2.75) is 31.5 Å². The van der Waals surface area contributed by atoms with Crippen LogP contribution in [0, 0.1) is 11.2 Å². The maximum atomic E-state index is 13.3. The lowest BCUT2D eigenvalue weighted by molar-refractivity contribution is -0.141. The molecule has 1 spiro atoms. The van der Waals surface area contributed by atoms with Gasteiger partial charge in [0.15, 0.2) is 0 Å². The highest BCUT2D eigenvalue weighted by atomic mass is 19.4. The van der Waals surface area contributed by atoms with Crippen LogP contribution in [0.3, 0.4) is 0 Å². The topological polar surface area (TPSA) is 37.4 Å². The van der Waals surface area contributed by atoms with Crippen molar-refractivity contribution < 1.29 is 27.2 Å². The van der Waals surface area contributed by atoms with E-state index in [0.29, 0.717) is 6.07 Å². The van der Waals surface area contributed by atoms with Crippen molar-refractivity contribution in [1.82, 2.24) is 4.90 Å². The Morgan fingerprint density at radius 1 is 1.07 bits per heavy atom. The van der Waals surface area contributed by atoms with Gasteiger partial charge >= 0.3 is 6.18 Å². The Bertz CT molecular complexity index is 925. The monoisotopic (exact) mass is 377 g/mol. The first kappa shape index (κ1) is 17.7. The summed E-state index contributed by atoms with van der Waals surface area (Å²) in [5, 5.41) is 0. The Balaban J connectivity index is 1.63. The van der Waals surface area contributed by atoms with Crippen molar-refractivity contribution in [3.8, 4) is 0 Å². The van der Waals surface area contributed by atoms with Gasteiger partial charge in [-0.1, -0.05) is 36.4 Å². The molecule has 2 amide bonds. The van der Waals surface area contributed by atoms with Gasteiger partial charge in [0.2, 0.25) is 11.8 Å². The predicted molar refractivity (Wildman–Crippen MR) is 87.8 cm³/mol. The maximum Gasteiger partial charge on any atom is 0.416 e. The molecule has 0 N–H and O–H groups in total. The zero-order valence-electron chi connectivity index (χ0n) is 14.1. The maximum absolute atomic E-state index is 13.3. The van der Waals surface area contributed by atoms with Crippen LogP contribution in [0.1, 0.15) is 35.4 Å². The Morgan fingerprint density at radius 2 is 1.78 bits per heavy atom. The SMILES string of the molecule is O=C1C[C@@]2(C[C@H]2c2ccc(F)cc2C(F)(F)F)C(=O)N1Cc1ccccc1. The van der Waals surface area contributed by atoms with Crippen molar-refractivity contribution in [2.75, 3.05) is 0 Å². The number of hydrogen-bond donors (Lipinski definition) is 0. The summed E-state index contributed by atoms with van der Waals surface area (Å²) in [5.41, 5.74) is -1.56. The molecule has 2 aromatic rings. The summed E-state index contributed by atoms with van der Waals surface area (Å²) < 4.78 is 53.2. The lowest BCUT2D eigenvalue weighted by Crippen LogP contribution is -2.31. The molecule has 0 unspecified atom stereocenters. The first-order chi connectivity index (χ1) is 12.7. The van der Waals surface area contributed by atoms with Gasteiger partial charge in [0.1, 0.15) is 5.82 Å². The van der Waals surface area contributed by atoms with Crippen LogP contribution in [-0.4, -0.2) is 16.7 Å². The molecule has 1 saturated carbocycles. The van der Waals surface area contributed by atoms with E-state index in [1.807, 2.05) is 6.07 Å². The highest BCUT2D eigenvalue weighted by Gasteiger charge is 2.68. The van der Waals surface area contributed by atoms with Gasteiger partial charge in [-0.25, -0.2) is 4.39 Å². The minimum Gasteiger partial charge on any atom is -0.278 e. The molecule has 2 atom stereocenters. The van der Waals surface area contributed by atoms with Gasteiger partial charge in [-0.05, 0) is 29.7 Å². The number of carbonyl (C=O) groups excluding carboxylic acids is 2. The van der Waals surface area contributed by atoms with E-state index >= 15 is 0 Å². The van der Waals surface area contributed by atoms with E-state index in [4.69, 9.17) is 0 Å². The smallest absolute Gasteiger partial charge is 0.278 e. The van der Waals surface area contributed by atoms with Crippen molar-refractivity contribution in [2.24, 2.45) is 5.41 Å². The van der Waals surface area contributed by atoms with E-state index in [1.165, 1.54) is 0 Å². The molecule has 140 valence electrons. The third-order valence-electron chi connectivity index (χ3n) is 5.39. The molecule has 2 aliphatic rings. The van der Waals surface area contributed by atoms with Gasteiger partial charge in [0.25, 0.3) is 0 Å². The lowest BCUT2D eigenvalue weighted by atomic mass is 9.94. The lowest BCUT2D eigenvalue weighted by Gasteiger charge is -2.16. The van der Waals surface area contributed by atoms with Crippen molar-refractivity contribution in [3.63, 3.8) is 0 Å². The fourth-order valence-electron chi connectivity index (χ4n) is 3.97. The van der Waals surface area contributed by atoms with Crippen LogP contribution in [0.2, 0.25) is 0 Å². The van der Waals surface area contributed by atoms with Gasteiger partial charge in [0.05, 0.1) is 17.5 Å². The summed E-state index contributed by atoms with van der Waals surface area (Å²) in [7, 11) is 0. The Labute approximate surface area is 152 Å². The van der Waals surface area contributed by atoms with E-state index in [0.717, 1.165) is 22.6 Å². The zero-order valence-corrected chi connectivity index (χ0v) is 14.1. The molecule has 1 aliphatic carbocycles. The molecule has 0 radical (unpaired) electrons. The van der Waals surface area contributed by atoms with Crippen molar-refractivity contribution >= 4 is 11.8 Å². The minimum atomic E-state index is -4.73. The second-order valence-corrected chi connectivity index (χ2v) is 7.09. The van der Waals surface area contributed by atoms with Crippen LogP contribution in [-0.2, 0) is 22.3 Å². The fraction of sp³-hybridized carbons (Fsp3) is 0.300. The van der Waals surface area contributed by atoms with Crippen molar-refractivity contribution in [1.29, 1.82) is 0 Å². The highest BCUT2D eigenvalue weighted by molar-refractivity contribution is 6.08. The number of amides is 2. The molecule has 3 nitrogen and oxygen atoms in total. The first-order valence-corrected chi connectivity index (χ1v) is 8.48. The Kier molecular flexibility index (Phi) is 3.87. The number of halogens is 4. The third-order valence-corrected chi connectivity index (χ3v) is 5.39. The van der Waals surface area contributed by atoms with Crippen LogP contribution in [0.5, 0.6) is 0 Å². The molecule has 27 heavy (non-hydrogen) atoms. The number of rotatable bonds is 3. The number of carbonyl (C=O) groups is 2. The quantitative estimate of drug-likeness (QED) is 0.592. The number of hydrogen-bond acceptors (Lipinski definition) is 2. The molecule has 2 aromatic carbocycles. The summed E-state index contributed by atoms with van der Waals surface area (Å²) in [5.74, 6) is -2.55. The molecule has 2 fully saturated rings. The number of benzene rings is 2. The van der Waals surface area contributed by atoms with E-state index < -0.39 is 34.8 Å². The number of imide groups is 1. The molecule has 0 bridgehead atoms. The molecule has 1 saturated heterocycles. The van der Waals surface area contributed by atoms with E-state index in [1.54, 1.807) is 24.3 Å². The average Bonchev–Trinajstić information content (AvgIpc) is 3.28. The van der Waals surface area contributed by atoms with Crippen LogP contribution in [0.15, 0.2) is 48.5 Å². The van der Waals surface area contributed by atoms with Crippen LogP contribution in [0.4, 0.5) is 17.6 Å². The van der Waals surface area contributed by atoms with Gasteiger partial charge in [-0.3, -0.25) is 14.5 Å². The molecular formula is C20H15F4NO2. The summed E-state index contributed by atoms with van der Waals surface area (Å²) in [6, 6.07) is 11.4. The first-order valence-electron chi connectivity index (χ1n) is 8.48. The zero-order chi connectivity index (χ0) is 19.4. The van der Waals surface area contributed by atoms with Gasteiger partial charge in [-0.2, -0.15) is 13.2 Å². The van der Waals surface area contributed by atoms with Crippen molar-refractivity contribution in [3.05, 3.63) is 71.0 Å². The fourth-order valence-corrected chi connectivity index (χ4v) is 3.97. The highest BCUT2D eigenvalue weighted by Crippen LogP contribution is 2.66. The number of likely N-dealkylation sites (tertiary alicyclic amines) is 1. The number of nitrogens with zero attached hydrogens (tertiary/aromatic N) is 1. The molecule has 1 aliphatic heterocycles. The van der Waals surface area contributed by atoms with Crippen LogP contribution < -0.4 is 0 Å². The Hall–Kier alpha value is -2.70. The second kappa shape index (κ2) is 5.90. The molecule has 0 aromatic heterocycles. The molecule has 1 heterocycles. The summed E-state index contributed by atoms with van der Waals surface area (Å²) in [4.78, 5) is 26.4. The molecule has 7 heteroatoms. The van der Waals surface area contributed by atoms with E-state index in [9.17, 15) is 27.2 Å². The Morgan fingerprint density at radius 3 is 2.44 bits per heavy atom. The van der Waals surface area contributed by atoms with E-state index in [2.05, 4.69) is 0 Å².